The van der Waals surface area contributed by atoms with Gasteiger partial charge in [-0.2, -0.15) is 0 Å². The van der Waals surface area contributed by atoms with Crippen LogP contribution in [-0.2, 0) is 4.79 Å². The zero-order valence-corrected chi connectivity index (χ0v) is 13.9. The topological polar surface area (TPSA) is 74.8 Å². The molecule has 126 valence electrons. The van der Waals surface area contributed by atoms with Crippen molar-refractivity contribution in [3.63, 3.8) is 0 Å². The monoisotopic (exact) mass is 310 g/mol. The van der Waals surface area contributed by atoms with Gasteiger partial charge in [-0.05, 0) is 45.4 Å². The first-order valence-corrected chi connectivity index (χ1v) is 9.11. The van der Waals surface area contributed by atoms with Crippen LogP contribution in [0.1, 0.15) is 77.6 Å². The Labute approximate surface area is 134 Å². The Morgan fingerprint density at radius 1 is 0.909 bits per heavy atom. The predicted octanol–water partition coefficient (Wildman–Crippen LogP) is 1.82. The molecule has 0 aliphatic heterocycles. The highest BCUT2D eigenvalue weighted by molar-refractivity contribution is 5.96. The lowest BCUT2D eigenvalue weighted by Gasteiger charge is -2.21. The molecule has 4 N–H and O–H groups in total. The van der Waals surface area contributed by atoms with Crippen LogP contribution in [0.4, 0.5) is 4.79 Å². The van der Waals surface area contributed by atoms with Gasteiger partial charge in [0.1, 0.15) is 0 Å². The number of amides is 3. The van der Waals surface area contributed by atoms with Crippen LogP contribution in [0.15, 0.2) is 0 Å². The van der Waals surface area contributed by atoms with Crippen LogP contribution in [0.2, 0.25) is 0 Å². The van der Waals surface area contributed by atoms with Crippen molar-refractivity contribution in [1.82, 2.24) is 10.6 Å². The number of quaternary nitrogens is 1. The van der Waals surface area contributed by atoms with E-state index in [0.717, 1.165) is 12.8 Å². The largest absolute Gasteiger partial charge is 0.335 e. The first-order valence-electron chi connectivity index (χ1n) is 9.11. The van der Waals surface area contributed by atoms with Gasteiger partial charge in [0.15, 0.2) is 6.04 Å². The van der Waals surface area contributed by atoms with Crippen molar-refractivity contribution < 1.29 is 14.9 Å². The molecule has 0 aromatic rings. The van der Waals surface area contributed by atoms with Crippen LogP contribution >= 0.6 is 0 Å². The Morgan fingerprint density at radius 3 is 2.09 bits per heavy atom. The zero-order chi connectivity index (χ0) is 15.8. The molecule has 3 amide bonds. The Balaban J connectivity index is 1.69. The number of rotatable bonds is 4. The van der Waals surface area contributed by atoms with Crippen molar-refractivity contribution in [2.24, 2.45) is 0 Å². The fourth-order valence-electron chi connectivity index (χ4n) is 3.69. The van der Waals surface area contributed by atoms with E-state index in [2.05, 4.69) is 16.0 Å². The Bertz CT molecular complexity index is 359. The molecule has 0 heterocycles. The number of imide groups is 1. The van der Waals surface area contributed by atoms with Gasteiger partial charge in [0.05, 0.1) is 6.04 Å². The maximum Gasteiger partial charge on any atom is 0.321 e. The summed E-state index contributed by atoms with van der Waals surface area (Å²) in [5.74, 6) is -0.169. The summed E-state index contributed by atoms with van der Waals surface area (Å²) in [5.41, 5.74) is 0. The van der Waals surface area contributed by atoms with Crippen molar-refractivity contribution in [3.8, 4) is 0 Å². The van der Waals surface area contributed by atoms with E-state index in [4.69, 9.17) is 0 Å². The molecule has 2 fully saturated rings. The number of nitrogens with two attached hydrogens (primary N) is 1. The lowest BCUT2D eigenvalue weighted by atomic mass is 9.96. The number of hydrogen-bond donors (Lipinski definition) is 3. The van der Waals surface area contributed by atoms with Gasteiger partial charge in [-0.15, -0.1) is 0 Å². The van der Waals surface area contributed by atoms with E-state index in [1.807, 2.05) is 6.92 Å². The van der Waals surface area contributed by atoms with E-state index in [9.17, 15) is 9.59 Å². The molecule has 0 aromatic carbocycles. The normalized spacial score (nSPS) is 22.6. The molecule has 0 bridgehead atoms. The zero-order valence-electron chi connectivity index (χ0n) is 13.9. The highest BCUT2D eigenvalue weighted by atomic mass is 16.2. The number of urea groups is 1. The maximum atomic E-state index is 12.2. The summed E-state index contributed by atoms with van der Waals surface area (Å²) >= 11 is 0. The fraction of sp³-hybridized carbons (Fsp3) is 0.882. The molecule has 5 heteroatoms. The standard InChI is InChI=1S/C17H31N3O2/c1-13(18-14-9-5-3-2-4-6-10-14)16(21)20-17(22)19-15-11-7-8-12-15/h13-15,18H,2-12H2,1H3,(H2,19,20,21,22)/p+1/t13-/m0/s1. The minimum atomic E-state index is -0.324. The summed E-state index contributed by atoms with van der Waals surface area (Å²) in [6, 6.07) is 0.255. The number of hydrogen-bond acceptors (Lipinski definition) is 2. The molecular formula is C17H32N3O2+. The van der Waals surface area contributed by atoms with Crippen molar-refractivity contribution in [2.75, 3.05) is 0 Å². The van der Waals surface area contributed by atoms with Crippen LogP contribution in [0.25, 0.3) is 0 Å². The van der Waals surface area contributed by atoms with Gasteiger partial charge in [-0.1, -0.05) is 32.1 Å². The summed E-state index contributed by atoms with van der Waals surface area (Å²) in [6.45, 7) is 1.90. The van der Waals surface area contributed by atoms with Gasteiger partial charge in [0.25, 0.3) is 5.91 Å². The third-order valence-electron chi connectivity index (χ3n) is 5.05. The van der Waals surface area contributed by atoms with Crippen LogP contribution < -0.4 is 16.0 Å². The van der Waals surface area contributed by atoms with Gasteiger partial charge in [-0.25, -0.2) is 4.79 Å². The molecule has 2 aliphatic carbocycles. The Kier molecular flexibility index (Phi) is 7.16. The van der Waals surface area contributed by atoms with Crippen molar-refractivity contribution in [2.45, 2.75) is 95.7 Å². The second-order valence-corrected chi connectivity index (χ2v) is 7.03. The summed E-state index contributed by atoms with van der Waals surface area (Å²) in [7, 11) is 0. The average molecular weight is 310 g/mol. The van der Waals surface area contributed by atoms with Gasteiger partial charge in [-0.3, -0.25) is 10.1 Å². The molecule has 0 spiro atoms. The van der Waals surface area contributed by atoms with Gasteiger partial charge < -0.3 is 10.6 Å². The lowest BCUT2D eigenvalue weighted by Crippen LogP contribution is -2.96. The molecule has 2 saturated carbocycles. The SMILES string of the molecule is C[C@H]([NH2+]C1CCCCCCC1)C(=O)NC(=O)NC1CCCC1. The van der Waals surface area contributed by atoms with Crippen LogP contribution in [0, 0.1) is 0 Å². The van der Waals surface area contributed by atoms with E-state index in [1.54, 1.807) is 0 Å². The molecule has 0 radical (unpaired) electrons. The third kappa shape index (κ3) is 5.95. The van der Waals surface area contributed by atoms with Crippen molar-refractivity contribution in [3.05, 3.63) is 0 Å². The van der Waals surface area contributed by atoms with Crippen molar-refractivity contribution in [1.29, 1.82) is 0 Å². The summed E-state index contributed by atoms with van der Waals surface area (Å²) in [4.78, 5) is 24.0. The van der Waals surface area contributed by atoms with Gasteiger partial charge in [0.2, 0.25) is 0 Å². The Morgan fingerprint density at radius 2 is 1.45 bits per heavy atom. The number of carbonyl (C=O) groups excluding carboxylic acids is 2. The molecule has 0 aromatic heterocycles. The first-order chi connectivity index (χ1) is 10.6. The number of nitrogens with one attached hydrogen (secondary N) is 2. The van der Waals surface area contributed by atoms with Gasteiger partial charge in [0, 0.05) is 6.04 Å². The fourth-order valence-corrected chi connectivity index (χ4v) is 3.69. The smallest absolute Gasteiger partial charge is 0.321 e. The maximum absolute atomic E-state index is 12.2. The van der Waals surface area contributed by atoms with E-state index < -0.39 is 0 Å². The number of carbonyl (C=O) groups is 2. The Hall–Kier alpha value is -1.10. The second kappa shape index (κ2) is 9.13. The summed E-state index contributed by atoms with van der Waals surface area (Å²) in [5, 5.41) is 7.56. The minimum absolute atomic E-state index is 0.169. The molecule has 0 saturated heterocycles. The van der Waals surface area contributed by atoms with E-state index in [0.29, 0.717) is 6.04 Å². The lowest BCUT2D eigenvalue weighted by molar-refractivity contribution is -0.708. The average Bonchev–Trinajstić information content (AvgIpc) is 2.94. The summed E-state index contributed by atoms with van der Waals surface area (Å²) < 4.78 is 0. The van der Waals surface area contributed by atoms with Crippen LogP contribution in [0.3, 0.4) is 0 Å². The summed E-state index contributed by atoms with van der Waals surface area (Å²) in [6.07, 6.45) is 13.3. The van der Waals surface area contributed by atoms with Crippen LogP contribution in [0.5, 0.6) is 0 Å². The van der Waals surface area contributed by atoms with E-state index in [-0.39, 0.29) is 24.0 Å². The predicted molar refractivity (Wildman–Crippen MR) is 86.4 cm³/mol. The van der Waals surface area contributed by atoms with Crippen molar-refractivity contribution >= 4 is 11.9 Å². The molecule has 2 aliphatic rings. The first kappa shape index (κ1) is 17.3. The molecule has 2 rings (SSSR count). The third-order valence-corrected chi connectivity index (χ3v) is 5.05. The van der Waals surface area contributed by atoms with Gasteiger partial charge >= 0.3 is 6.03 Å². The second-order valence-electron chi connectivity index (χ2n) is 7.03. The molecular weight excluding hydrogens is 278 g/mol. The molecule has 1 atom stereocenters. The van der Waals surface area contributed by atoms with E-state index >= 15 is 0 Å². The molecule has 22 heavy (non-hydrogen) atoms. The quantitative estimate of drug-likeness (QED) is 0.741. The highest BCUT2D eigenvalue weighted by Gasteiger charge is 2.25. The van der Waals surface area contributed by atoms with E-state index in [1.165, 1.54) is 57.8 Å². The van der Waals surface area contributed by atoms with Crippen LogP contribution in [-0.4, -0.2) is 30.1 Å². The highest BCUT2D eigenvalue weighted by Crippen LogP contribution is 2.17. The minimum Gasteiger partial charge on any atom is -0.335 e. The molecule has 0 unspecified atom stereocenters. The molecule has 5 nitrogen and oxygen atoms in total.